The van der Waals surface area contributed by atoms with Crippen LogP contribution in [0.3, 0.4) is 0 Å². The second kappa shape index (κ2) is 5.46. The number of aromatic nitrogens is 2. The summed E-state index contributed by atoms with van der Waals surface area (Å²) >= 11 is 1.69. The van der Waals surface area contributed by atoms with Crippen molar-refractivity contribution in [1.29, 1.82) is 0 Å². The minimum atomic E-state index is -0.797. The summed E-state index contributed by atoms with van der Waals surface area (Å²) in [6.07, 6.45) is 3.23. The molecule has 2 aromatic heterocycles. The Labute approximate surface area is 148 Å². The molecule has 128 valence electrons. The van der Waals surface area contributed by atoms with E-state index >= 15 is 0 Å². The Morgan fingerprint density at radius 1 is 1.12 bits per heavy atom. The third kappa shape index (κ3) is 2.78. The summed E-state index contributed by atoms with van der Waals surface area (Å²) in [5, 5.41) is 4.58. The van der Waals surface area contributed by atoms with Gasteiger partial charge in [-0.2, -0.15) is 0 Å². The summed E-state index contributed by atoms with van der Waals surface area (Å²) in [7, 11) is 0. The molecule has 25 heavy (non-hydrogen) atoms. The van der Waals surface area contributed by atoms with Gasteiger partial charge in [-0.1, -0.05) is 6.07 Å². The van der Waals surface area contributed by atoms with Gasteiger partial charge in [-0.25, -0.2) is 18.7 Å². The van der Waals surface area contributed by atoms with E-state index in [2.05, 4.69) is 18.3 Å². The Balaban J connectivity index is 1.43. The van der Waals surface area contributed by atoms with Crippen molar-refractivity contribution < 1.29 is 8.78 Å². The van der Waals surface area contributed by atoms with Gasteiger partial charge in [0.25, 0.3) is 0 Å². The minimum absolute atomic E-state index is 0.198. The normalized spacial score (nSPS) is 22.4. The Bertz CT molecular complexity index is 980. The fraction of sp³-hybridized carbons (Fsp3) is 0.368. The molecule has 5 rings (SSSR count). The monoisotopic (exact) mass is 357 g/mol. The first-order valence-corrected chi connectivity index (χ1v) is 9.39. The molecule has 1 N–H and O–H groups in total. The summed E-state index contributed by atoms with van der Waals surface area (Å²) in [6, 6.07) is 6.51. The summed E-state index contributed by atoms with van der Waals surface area (Å²) < 4.78 is 26.6. The zero-order valence-corrected chi connectivity index (χ0v) is 14.5. The van der Waals surface area contributed by atoms with Crippen LogP contribution in [-0.4, -0.2) is 16.0 Å². The lowest BCUT2D eigenvalue weighted by atomic mass is 10.1. The van der Waals surface area contributed by atoms with Gasteiger partial charge in [0.15, 0.2) is 11.6 Å². The van der Waals surface area contributed by atoms with Crippen LogP contribution in [0, 0.1) is 18.6 Å². The van der Waals surface area contributed by atoms with Crippen molar-refractivity contribution in [3.05, 3.63) is 52.2 Å². The SMILES string of the molecule is Cc1cc2c(N[C@@H]3C[C@H]3c3ccc(F)c(F)c3)nc(C3CC3)nc2s1. The van der Waals surface area contributed by atoms with E-state index in [9.17, 15) is 8.78 Å². The van der Waals surface area contributed by atoms with Crippen LogP contribution < -0.4 is 5.32 Å². The Morgan fingerprint density at radius 3 is 2.72 bits per heavy atom. The quantitative estimate of drug-likeness (QED) is 0.704. The smallest absolute Gasteiger partial charge is 0.159 e. The van der Waals surface area contributed by atoms with Crippen molar-refractivity contribution in [2.75, 3.05) is 5.32 Å². The first-order chi connectivity index (χ1) is 12.1. The molecule has 0 amide bonds. The molecule has 2 aliphatic carbocycles. The maximum atomic E-state index is 13.5. The second-order valence-electron chi connectivity index (χ2n) is 7.05. The number of benzene rings is 1. The van der Waals surface area contributed by atoms with Crippen LogP contribution >= 0.6 is 11.3 Å². The highest BCUT2D eigenvalue weighted by Gasteiger charge is 2.39. The van der Waals surface area contributed by atoms with Gasteiger partial charge in [-0.3, -0.25) is 0 Å². The van der Waals surface area contributed by atoms with E-state index in [0.29, 0.717) is 5.92 Å². The molecule has 0 unspecified atom stereocenters. The summed E-state index contributed by atoms with van der Waals surface area (Å²) in [5.74, 6) is 0.928. The fourth-order valence-corrected chi connectivity index (χ4v) is 4.22. The van der Waals surface area contributed by atoms with Gasteiger partial charge in [0.05, 0.1) is 5.39 Å². The molecular weight excluding hydrogens is 340 g/mol. The zero-order chi connectivity index (χ0) is 17.1. The number of hydrogen-bond donors (Lipinski definition) is 1. The maximum absolute atomic E-state index is 13.5. The number of nitrogens with one attached hydrogen (secondary N) is 1. The Kier molecular flexibility index (Phi) is 3.32. The van der Waals surface area contributed by atoms with Crippen molar-refractivity contribution in [3.63, 3.8) is 0 Å². The molecule has 3 nitrogen and oxygen atoms in total. The van der Waals surface area contributed by atoms with Crippen molar-refractivity contribution in [1.82, 2.24) is 9.97 Å². The second-order valence-corrected chi connectivity index (χ2v) is 8.28. The maximum Gasteiger partial charge on any atom is 0.159 e. The number of aryl methyl sites for hydroxylation is 1. The third-order valence-corrected chi connectivity index (χ3v) is 5.90. The van der Waals surface area contributed by atoms with Crippen LogP contribution in [0.15, 0.2) is 24.3 Å². The third-order valence-electron chi connectivity index (χ3n) is 4.96. The lowest BCUT2D eigenvalue weighted by Crippen LogP contribution is -2.08. The average Bonchev–Trinajstić information content (AvgIpc) is 3.48. The molecule has 2 fully saturated rings. The van der Waals surface area contributed by atoms with Crippen molar-refractivity contribution >= 4 is 27.4 Å². The molecule has 2 aliphatic rings. The van der Waals surface area contributed by atoms with E-state index in [1.807, 2.05) is 0 Å². The van der Waals surface area contributed by atoms with Gasteiger partial charge in [0.2, 0.25) is 0 Å². The van der Waals surface area contributed by atoms with Crippen molar-refractivity contribution in [2.24, 2.45) is 0 Å². The predicted molar refractivity (Wildman–Crippen MR) is 95.3 cm³/mol. The zero-order valence-electron chi connectivity index (χ0n) is 13.7. The molecule has 0 radical (unpaired) electrons. The summed E-state index contributed by atoms with van der Waals surface area (Å²) in [6.45, 7) is 2.08. The molecule has 3 aromatic rings. The average molecular weight is 357 g/mol. The number of rotatable bonds is 4. The fourth-order valence-electron chi connectivity index (χ4n) is 3.33. The van der Waals surface area contributed by atoms with Crippen molar-refractivity contribution in [2.45, 2.75) is 44.1 Å². The number of thiophene rings is 1. The molecule has 2 heterocycles. The highest BCUT2D eigenvalue weighted by Crippen LogP contribution is 2.45. The highest BCUT2D eigenvalue weighted by atomic mass is 32.1. The van der Waals surface area contributed by atoms with Crippen LogP contribution in [0.5, 0.6) is 0 Å². The standard InChI is InChI=1S/C19H17F2N3S/c1-9-6-13-18(23-17(10-2-3-10)24-19(13)25-9)22-16-8-12(16)11-4-5-14(20)15(21)7-11/h4-7,10,12,16H,2-3,8H2,1H3,(H,22,23,24)/t12-,16+/m0/s1. The van der Waals surface area contributed by atoms with E-state index in [1.54, 1.807) is 17.4 Å². The van der Waals surface area contributed by atoms with Crippen LogP contribution in [0.25, 0.3) is 10.2 Å². The number of fused-ring (bicyclic) bond motifs is 1. The highest BCUT2D eigenvalue weighted by molar-refractivity contribution is 7.18. The number of nitrogens with zero attached hydrogens (tertiary/aromatic N) is 2. The van der Waals surface area contributed by atoms with Crippen LogP contribution in [0.2, 0.25) is 0 Å². The van der Waals surface area contributed by atoms with Crippen LogP contribution in [-0.2, 0) is 0 Å². The van der Waals surface area contributed by atoms with Gasteiger partial charge in [-0.15, -0.1) is 11.3 Å². The van der Waals surface area contributed by atoms with E-state index in [4.69, 9.17) is 9.97 Å². The molecule has 6 heteroatoms. The lowest BCUT2D eigenvalue weighted by molar-refractivity contribution is 0.507. The first kappa shape index (κ1) is 15.2. The Hall–Kier alpha value is -2.08. The number of hydrogen-bond acceptors (Lipinski definition) is 4. The van der Waals surface area contributed by atoms with Crippen LogP contribution in [0.1, 0.15) is 47.4 Å². The molecule has 2 atom stereocenters. The van der Waals surface area contributed by atoms with E-state index < -0.39 is 11.6 Å². The Morgan fingerprint density at radius 2 is 1.96 bits per heavy atom. The van der Waals surface area contributed by atoms with Gasteiger partial charge in [0.1, 0.15) is 16.5 Å². The predicted octanol–water partition coefficient (Wildman–Crippen LogP) is 5.12. The molecule has 0 bridgehead atoms. The van der Waals surface area contributed by atoms with Gasteiger partial charge >= 0.3 is 0 Å². The van der Waals surface area contributed by atoms with E-state index in [1.165, 1.54) is 17.0 Å². The molecule has 0 aliphatic heterocycles. The van der Waals surface area contributed by atoms with Gasteiger partial charge in [0, 0.05) is 22.8 Å². The molecule has 0 saturated heterocycles. The van der Waals surface area contributed by atoms with Crippen LogP contribution in [0.4, 0.5) is 14.6 Å². The lowest BCUT2D eigenvalue weighted by Gasteiger charge is -2.09. The van der Waals surface area contributed by atoms with E-state index in [0.717, 1.165) is 46.7 Å². The number of anilines is 1. The summed E-state index contributed by atoms with van der Waals surface area (Å²) in [4.78, 5) is 11.7. The summed E-state index contributed by atoms with van der Waals surface area (Å²) in [5.41, 5.74) is 0.839. The van der Waals surface area contributed by atoms with E-state index in [-0.39, 0.29) is 12.0 Å². The first-order valence-electron chi connectivity index (χ1n) is 8.58. The van der Waals surface area contributed by atoms with Crippen molar-refractivity contribution in [3.8, 4) is 0 Å². The molecule has 2 saturated carbocycles. The topological polar surface area (TPSA) is 37.8 Å². The van der Waals surface area contributed by atoms with Gasteiger partial charge < -0.3 is 5.32 Å². The number of halogens is 2. The molecule has 0 spiro atoms. The minimum Gasteiger partial charge on any atom is -0.366 e. The van der Waals surface area contributed by atoms with Gasteiger partial charge in [-0.05, 0) is 49.9 Å². The largest absolute Gasteiger partial charge is 0.366 e. The molecular formula is C19H17F2N3S. The molecule has 1 aromatic carbocycles.